The smallest absolute Gasteiger partial charge is 0.243 e. The second-order valence-electron chi connectivity index (χ2n) is 7.18. The van der Waals surface area contributed by atoms with E-state index in [0.29, 0.717) is 0 Å². The van der Waals surface area contributed by atoms with Crippen LogP contribution in [0.4, 0.5) is 0 Å². The highest BCUT2D eigenvalue weighted by molar-refractivity contribution is 5.97. The maximum Gasteiger partial charge on any atom is 0.243 e. The molecular formula is C23H22N4O2. The zero-order chi connectivity index (χ0) is 20.5. The first-order chi connectivity index (χ1) is 14.0. The van der Waals surface area contributed by atoms with E-state index in [2.05, 4.69) is 9.97 Å². The number of hydrogen-bond acceptors (Lipinski definition) is 4. The van der Waals surface area contributed by atoms with Crippen LogP contribution >= 0.6 is 0 Å². The molecule has 1 unspecified atom stereocenters. The molecule has 0 aliphatic rings. The van der Waals surface area contributed by atoms with Gasteiger partial charge in [0.15, 0.2) is 0 Å². The molecule has 4 N–H and O–H groups in total. The number of hydrogen-bond donors (Lipinski definition) is 3. The van der Waals surface area contributed by atoms with Gasteiger partial charge in [-0.25, -0.2) is 4.98 Å². The predicted molar refractivity (Wildman–Crippen MR) is 114 cm³/mol. The van der Waals surface area contributed by atoms with E-state index in [1.807, 2.05) is 48.7 Å². The molecule has 4 rings (SSSR count). The van der Waals surface area contributed by atoms with Gasteiger partial charge < -0.3 is 20.7 Å². The van der Waals surface area contributed by atoms with Gasteiger partial charge in [0.25, 0.3) is 0 Å². The standard InChI is InChI=1S/C23H22N4O2/c1-27(2)23(29)21(24)15-7-5-6-14(10-15)16-11-18-19(13-26-22(18)25-12-16)17-8-3-4-9-20(17)28/h3-13,21,28H,24H2,1-2H3,(H,25,26). The fourth-order valence-corrected chi connectivity index (χ4v) is 3.42. The van der Waals surface area contributed by atoms with E-state index in [0.717, 1.165) is 38.9 Å². The number of nitrogens with two attached hydrogens (primary N) is 1. The van der Waals surface area contributed by atoms with Crippen LogP contribution in [0.25, 0.3) is 33.3 Å². The molecule has 29 heavy (non-hydrogen) atoms. The minimum atomic E-state index is -0.717. The molecule has 0 saturated heterocycles. The number of amides is 1. The molecule has 2 aromatic heterocycles. The van der Waals surface area contributed by atoms with Gasteiger partial charge in [-0.2, -0.15) is 0 Å². The number of likely N-dealkylation sites (N-methyl/N-ethyl adjacent to an activating group) is 1. The number of aromatic hydroxyl groups is 1. The van der Waals surface area contributed by atoms with Gasteiger partial charge in [-0.15, -0.1) is 0 Å². The maximum atomic E-state index is 12.2. The number of aromatic amines is 1. The van der Waals surface area contributed by atoms with E-state index >= 15 is 0 Å². The van der Waals surface area contributed by atoms with Gasteiger partial charge in [-0.3, -0.25) is 4.79 Å². The zero-order valence-corrected chi connectivity index (χ0v) is 16.3. The molecule has 2 aromatic carbocycles. The molecule has 146 valence electrons. The minimum Gasteiger partial charge on any atom is -0.507 e. The Kier molecular flexibility index (Phi) is 4.78. The third kappa shape index (κ3) is 3.46. The van der Waals surface area contributed by atoms with Crippen molar-refractivity contribution in [3.63, 3.8) is 0 Å². The average molecular weight is 386 g/mol. The van der Waals surface area contributed by atoms with Gasteiger partial charge in [0.2, 0.25) is 5.91 Å². The Morgan fingerprint density at radius 2 is 1.86 bits per heavy atom. The highest BCUT2D eigenvalue weighted by Crippen LogP contribution is 2.35. The van der Waals surface area contributed by atoms with Crippen molar-refractivity contribution in [1.82, 2.24) is 14.9 Å². The Hall–Kier alpha value is -3.64. The van der Waals surface area contributed by atoms with Gasteiger partial charge in [0, 0.05) is 48.6 Å². The van der Waals surface area contributed by atoms with Crippen molar-refractivity contribution >= 4 is 16.9 Å². The predicted octanol–water partition coefficient (Wildman–Crippen LogP) is 3.69. The number of carbonyl (C=O) groups is 1. The number of phenols is 1. The number of phenolic OH excluding ortho intramolecular Hbond substituents is 1. The van der Waals surface area contributed by atoms with Crippen molar-refractivity contribution in [2.75, 3.05) is 14.1 Å². The second kappa shape index (κ2) is 7.41. The number of pyridine rings is 1. The van der Waals surface area contributed by atoms with Gasteiger partial charge in [0.05, 0.1) is 0 Å². The van der Waals surface area contributed by atoms with Crippen LogP contribution in [-0.2, 0) is 4.79 Å². The first-order valence-corrected chi connectivity index (χ1v) is 9.28. The number of para-hydroxylation sites is 1. The van der Waals surface area contributed by atoms with Gasteiger partial charge in [0.1, 0.15) is 17.4 Å². The van der Waals surface area contributed by atoms with Gasteiger partial charge >= 0.3 is 0 Å². The van der Waals surface area contributed by atoms with Gasteiger partial charge in [-0.1, -0.05) is 36.4 Å². The summed E-state index contributed by atoms with van der Waals surface area (Å²) in [5.74, 6) is 0.0668. The van der Waals surface area contributed by atoms with Gasteiger partial charge in [-0.05, 0) is 29.3 Å². The molecule has 0 bridgehead atoms. The summed E-state index contributed by atoms with van der Waals surface area (Å²) >= 11 is 0. The Labute approximate surface area is 168 Å². The molecule has 6 nitrogen and oxygen atoms in total. The quantitative estimate of drug-likeness (QED) is 0.498. The Balaban J connectivity index is 1.78. The van der Waals surface area contributed by atoms with Crippen LogP contribution < -0.4 is 5.73 Å². The van der Waals surface area contributed by atoms with Crippen molar-refractivity contribution in [3.05, 3.63) is 72.6 Å². The van der Waals surface area contributed by atoms with Crippen molar-refractivity contribution in [1.29, 1.82) is 0 Å². The number of nitrogens with zero attached hydrogens (tertiary/aromatic N) is 2. The van der Waals surface area contributed by atoms with Crippen LogP contribution in [0.3, 0.4) is 0 Å². The number of fused-ring (bicyclic) bond motifs is 1. The summed E-state index contributed by atoms with van der Waals surface area (Å²) in [5.41, 5.74) is 11.1. The highest BCUT2D eigenvalue weighted by Gasteiger charge is 2.18. The molecule has 6 heteroatoms. The van der Waals surface area contributed by atoms with Crippen LogP contribution in [0, 0.1) is 0 Å². The lowest BCUT2D eigenvalue weighted by molar-refractivity contribution is -0.130. The van der Waals surface area contributed by atoms with E-state index in [1.54, 1.807) is 32.4 Å². The lowest BCUT2D eigenvalue weighted by atomic mass is 9.98. The normalized spacial score (nSPS) is 12.1. The second-order valence-corrected chi connectivity index (χ2v) is 7.18. The monoisotopic (exact) mass is 386 g/mol. The van der Waals surface area contributed by atoms with Crippen LogP contribution in [0.1, 0.15) is 11.6 Å². The Bertz CT molecular complexity index is 1200. The number of H-pyrrole nitrogens is 1. The Morgan fingerprint density at radius 1 is 1.07 bits per heavy atom. The summed E-state index contributed by atoms with van der Waals surface area (Å²) in [6, 6.07) is 16.1. The molecule has 1 amide bonds. The van der Waals surface area contributed by atoms with E-state index < -0.39 is 6.04 Å². The fourth-order valence-electron chi connectivity index (χ4n) is 3.42. The number of nitrogens with one attached hydrogen (secondary N) is 1. The third-order valence-corrected chi connectivity index (χ3v) is 5.01. The lowest BCUT2D eigenvalue weighted by Crippen LogP contribution is -2.33. The molecule has 0 saturated carbocycles. The highest BCUT2D eigenvalue weighted by atomic mass is 16.3. The van der Waals surface area contributed by atoms with Crippen LogP contribution in [-0.4, -0.2) is 40.0 Å². The van der Waals surface area contributed by atoms with Crippen LogP contribution in [0.5, 0.6) is 5.75 Å². The maximum absolute atomic E-state index is 12.2. The fraction of sp³-hybridized carbons (Fsp3) is 0.130. The first-order valence-electron chi connectivity index (χ1n) is 9.28. The van der Waals surface area contributed by atoms with E-state index in [-0.39, 0.29) is 11.7 Å². The van der Waals surface area contributed by atoms with Crippen molar-refractivity contribution in [2.24, 2.45) is 5.73 Å². The van der Waals surface area contributed by atoms with Crippen LogP contribution in [0.15, 0.2) is 67.0 Å². The number of aromatic nitrogens is 2. The summed E-state index contributed by atoms with van der Waals surface area (Å²) < 4.78 is 0. The summed E-state index contributed by atoms with van der Waals surface area (Å²) in [7, 11) is 3.38. The summed E-state index contributed by atoms with van der Waals surface area (Å²) in [5, 5.41) is 11.1. The summed E-state index contributed by atoms with van der Waals surface area (Å²) in [4.78, 5) is 21.4. The minimum absolute atomic E-state index is 0.150. The molecule has 4 aromatic rings. The molecule has 0 aliphatic heterocycles. The molecule has 0 radical (unpaired) electrons. The largest absolute Gasteiger partial charge is 0.507 e. The SMILES string of the molecule is CN(C)C(=O)C(N)c1cccc(-c2cnc3[nH]cc(-c4ccccc4O)c3c2)c1. The molecule has 0 aliphatic carbocycles. The number of carbonyl (C=O) groups excluding carboxylic acids is 1. The molecule has 1 atom stereocenters. The lowest BCUT2D eigenvalue weighted by Gasteiger charge is -2.17. The summed E-state index contributed by atoms with van der Waals surface area (Å²) in [6.07, 6.45) is 3.63. The Morgan fingerprint density at radius 3 is 2.62 bits per heavy atom. The number of rotatable bonds is 4. The summed E-state index contributed by atoms with van der Waals surface area (Å²) in [6.45, 7) is 0. The average Bonchev–Trinajstić information content (AvgIpc) is 3.16. The van der Waals surface area contributed by atoms with E-state index in [1.165, 1.54) is 4.90 Å². The van der Waals surface area contributed by atoms with Crippen LogP contribution in [0.2, 0.25) is 0 Å². The third-order valence-electron chi connectivity index (χ3n) is 5.01. The van der Waals surface area contributed by atoms with E-state index in [9.17, 15) is 9.90 Å². The number of benzene rings is 2. The molecular weight excluding hydrogens is 364 g/mol. The molecule has 2 heterocycles. The molecule has 0 spiro atoms. The first kappa shape index (κ1) is 18.7. The topological polar surface area (TPSA) is 95.2 Å². The van der Waals surface area contributed by atoms with E-state index in [4.69, 9.17) is 5.73 Å². The van der Waals surface area contributed by atoms with Crippen molar-refractivity contribution in [3.8, 4) is 28.0 Å². The van der Waals surface area contributed by atoms with Crippen molar-refractivity contribution < 1.29 is 9.90 Å². The zero-order valence-electron chi connectivity index (χ0n) is 16.3. The van der Waals surface area contributed by atoms with Crippen molar-refractivity contribution in [2.45, 2.75) is 6.04 Å². The molecule has 0 fully saturated rings.